The number of hydrogen-bond donors (Lipinski definition) is 2. The number of urea groups is 1. The van der Waals surface area contributed by atoms with Crippen LogP contribution in [0.5, 0.6) is 5.88 Å². The molecule has 55 heavy (non-hydrogen) atoms. The summed E-state index contributed by atoms with van der Waals surface area (Å²) in [5.41, 5.74) is 6.19. The predicted molar refractivity (Wildman–Crippen MR) is 219 cm³/mol. The van der Waals surface area contributed by atoms with Crippen molar-refractivity contribution in [1.82, 2.24) is 14.1 Å². The molecule has 2 aliphatic carbocycles. The lowest BCUT2D eigenvalue weighted by Gasteiger charge is -2.45. The molecule has 1 aliphatic heterocycles. The van der Waals surface area contributed by atoms with Crippen molar-refractivity contribution in [2.45, 2.75) is 101 Å². The van der Waals surface area contributed by atoms with Crippen LogP contribution < -0.4 is 10.1 Å². The monoisotopic (exact) mass is 773 g/mol. The number of nitrogens with one attached hydrogen (secondary N) is 2. The normalized spacial score (nSPS) is 17.7. The Morgan fingerprint density at radius 2 is 1.38 bits per heavy atom. The zero-order valence-corrected chi connectivity index (χ0v) is 34.2. The van der Waals surface area contributed by atoms with E-state index in [0.717, 1.165) is 55.3 Å². The van der Waals surface area contributed by atoms with Crippen LogP contribution >= 0.6 is 0 Å². The molecule has 4 aromatic carbocycles. The SMILES string of the molecule is CC(C)(C)[Si](C)(C)O[C@@H]1COc2c(S(=N)(=O)N(C(=O)Nc3c4c(cc5c3CCC5)CCC4)C(c3ccccc3)(c3ccccc3)c3ccccc3)cnn2C1. The summed E-state index contributed by atoms with van der Waals surface area (Å²) >= 11 is 0. The molecule has 2 amide bonds. The van der Waals surface area contributed by atoms with Crippen molar-refractivity contribution in [1.29, 1.82) is 4.78 Å². The van der Waals surface area contributed by atoms with Crippen LogP contribution in [0.1, 0.15) is 72.6 Å². The second-order valence-electron chi connectivity index (χ2n) is 16.6. The number of rotatable bonds is 9. The van der Waals surface area contributed by atoms with Gasteiger partial charge in [-0.3, -0.25) is 0 Å². The summed E-state index contributed by atoms with van der Waals surface area (Å²) in [4.78, 5) is 15.8. The van der Waals surface area contributed by atoms with Gasteiger partial charge >= 0.3 is 6.03 Å². The summed E-state index contributed by atoms with van der Waals surface area (Å²) in [5.74, 6) is 0.220. The molecule has 0 bridgehead atoms. The Kier molecular flexibility index (Phi) is 9.54. The molecule has 0 radical (unpaired) electrons. The fourth-order valence-electron chi connectivity index (χ4n) is 8.48. The van der Waals surface area contributed by atoms with Crippen molar-refractivity contribution in [3.8, 4) is 5.88 Å². The van der Waals surface area contributed by atoms with E-state index < -0.39 is 29.8 Å². The molecule has 8 rings (SSSR count). The maximum absolute atomic E-state index is 16.1. The lowest BCUT2D eigenvalue weighted by atomic mass is 9.77. The molecule has 0 saturated carbocycles. The number of aryl methyl sites for hydroxylation is 2. The molecule has 1 aromatic heterocycles. The largest absolute Gasteiger partial charge is 0.474 e. The standard InChI is InChI=1S/C44H51N5O4SSi/c1-43(2,3)55(4,5)53-36-29-48-41(52-30-36)39(28-46-48)54(45,51)49(42(50)47-40-37-25-15-17-31(37)27-32-18-16-26-38(32)40)44(33-19-9-6-10-20-33,34-21-11-7-12-22-34)35-23-13-8-14-24-35/h6-14,19-24,27-28,36,45H,15-18,25-26,29-30H2,1-5H3,(H,47,50)/t36-,54?/m0/s1. The van der Waals surface area contributed by atoms with Gasteiger partial charge in [-0.1, -0.05) is 118 Å². The highest BCUT2D eigenvalue weighted by molar-refractivity contribution is 7.90. The summed E-state index contributed by atoms with van der Waals surface area (Å²) in [6.07, 6.45) is 6.87. The summed E-state index contributed by atoms with van der Waals surface area (Å²) in [7, 11) is -6.39. The molecule has 5 aromatic rings. The minimum absolute atomic E-state index is 0.000548. The third-order valence-corrected chi connectivity index (χ3v) is 18.5. The average molecular weight is 774 g/mol. The molecule has 9 nitrogen and oxygen atoms in total. The summed E-state index contributed by atoms with van der Waals surface area (Å²) in [6, 6.07) is 30.7. The van der Waals surface area contributed by atoms with Gasteiger partial charge < -0.3 is 14.5 Å². The van der Waals surface area contributed by atoms with Gasteiger partial charge in [0.15, 0.2) is 18.2 Å². The maximum Gasteiger partial charge on any atom is 0.336 e. The lowest BCUT2D eigenvalue weighted by Crippen LogP contribution is -2.55. The van der Waals surface area contributed by atoms with Crippen molar-refractivity contribution < 1.29 is 18.2 Å². The first-order chi connectivity index (χ1) is 26.3. The zero-order valence-electron chi connectivity index (χ0n) is 32.4. The number of benzene rings is 4. The molecule has 2 N–H and O–H groups in total. The van der Waals surface area contributed by atoms with Crippen molar-refractivity contribution in [2.24, 2.45) is 0 Å². The number of carbonyl (C=O) groups excluding carboxylic acids is 1. The smallest absolute Gasteiger partial charge is 0.336 e. The highest BCUT2D eigenvalue weighted by Crippen LogP contribution is 2.48. The Bertz CT molecular complexity index is 2190. The second-order valence-corrected chi connectivity index (χ2v) is 23.2. The quantitative estimate of drug-likeness (QED) is 0.115. The summed E-state index contributed by atoms with van der Waals surface area (Å²) < 4.78 is 42.3. The minimum atomic E-state index is -4.24. The number of amides is 2. The zero-order chi connectivity index (χ0) is 38.6. The maximum atomic E-state index is 16.1. The molecular weight excluding hydrogens is 723 g/mol. The van der Waals surface area contributed by atoms with Crippen molar-refractivity contribution in [3.63, 3.8) is 0 Å². The number of anilines is 1. The number of nitrogens with zero attached hydrogens (tertiary/aromatic N) is 3. The summed E-state index contributed by atoms with van der Waals surface area (Å²) in [5, 5.41) is 8.01. The summed E-state index contributed by atoms with van der Waals surface area (Å²) in [6.45, 7) is 11.6. The van der Waals surface area contributed by atoms with Crippen molar-refractivity contribution in [2.75, 3.05) is 11.9 Å². The van der Waals surface area contributed by atoms with E-state index in [1.807, 2.05) is 91.0 Å². The Morgan fingerprint density at radius 1 is 0.873 bits per heavy atom. The highest BCUT2D eigenvalue weighted by atomic mass is 32.2. The molecule has 2 heterocycles. The van der Waals surface area contributed by atoms with Crippen LogP contribution in [0.25, 0.3) is 0 Å². The molecule has 0 saturated heterocycles. The van der Waals surface area contributed by atoms with Crippen LogP contribution in [0.4, 0.5) is 10.5 Å². The minimum Gasteiger partial charge on any atom is -0.474 e. The Morgan fingerprint density at radius 3 is 1.87 bits per heavy atom. The van der Waals surface area contributed by atoms with E-state index in [0.29, 0.717) is 23.2 Å². The average Bonchev–Trinajstić information content (AvgIpc) is 3.94. The van der Waals surface area contributed by atoms with Crippen LogP contribution in [0.3, 0.4) is 0 Å². The fraction of sp³-hybridized carbons (Fsp3) is 0.364. The molecule has 0 fully saturated rings. The number of carbonyl (C=O) groups is 1. The first kappa shape index (κ1) is 37.2. The van der Waals surface area contributed by atoms with E-state index in [1.165, 1.54) is 21.6 Å². The van der Waals surface area contributed by atoms with Crippen LogP contribution in [0.2, 0.25) is 18.1 Å². The van der Waals surface area contributed by atoms with Gasteiger partial charge in [0.05, 0.1) is 18.8 Å². The Labute approximate surface area is 326 Å². The van der Waals surface area contributed by atoms with Crippen molar-refractivity contribution >= 4 is 30.0 Å². The first-order valence-corrected chi connectivity index (χ1v) is 23.8. The van der Waals surface area contributed by atoms with Crippen molar-refractivity contribution in [3.05, 3.63) is 142 Å². The molecule has 2 atom stereocenters. The van der Waals surface area contributed by atoms with Crippen LogP contribution in [0, 0.1) is 4.78 Å². The molecule has 3 aliphatic rings. The van der Waals surface area contributed by atoms with Gasteiger partial charge in [0, 0.05) is 5.69 Å². The fourth-order valence-corrected chi connectivity index (χ4v) is 11.6. The highest BCUT2D eigenvalue weighted by Gasteiger charge is 2.52. The van der Waals surface area contributed by atoms with Gasteiger partial charge in [-0.15, -0.1) is 0 Å². The van der Waals surface area contributed by atoms with E-state index in [4.69, 9.17) is 9.16 Å². The van der Waals surface area contributed by atoms with Gasteiger partial charge in [-0.2, -0.15) is 5.10 Å². The van der Waals surface area contributed by atoms with E-state index in [2.05, 4.69) is 50.3 Å². The van der Waals surface area contributed by atoms with Gasteiger partial charge in [0.1, 0.15) is 17.0 Å². The molecular formula is C44H51N5O4SSi. The number of aromatic nitrogens is 2. The Hall–Kier alpha value is -4.71. The van der Waals surface area contributed by atoms with E-state index in [9.17, 15) is 4.78 Å². The topological polar surface area (TPSA) is 110 Å². The van der Waals surface area contributed by atoms with E-state index in [1.54, 1.807) is 4.68 Å². The van der Waals surface area contributed by atoms with Crippen LogP contribution in [0.15, 0.2) is 108 Å². The van der Waals surface area contributed by atoms with Gasteiger partial charge in [0.25, 0.3) is 0 Å². The van der Waals surface area contributed by atoms with E-state index in [-0.39, 0.29) is 28.5 Å². The molecule has 1 unspecified atom stereocenters. The van der Waals surface area contributed by atoms with Gasteiger partial charge in [0.2, 0.25) is 5.88 Å². The molecule has 11 heteroatoms. The lowest BCUT2D eigenvalue weighted by molar-refractivity contribution is 0.0615. The second kappa shape index (κ2) is 14.1. The van der Waals surface area contributed by atoms with Crippen LogP contribution in [-0.2, 0) is 52.1 Å². The van der Waals surface area contributed by atoms with Gasteiger partial charge in [-0.05, 0) is 95.6 Å². The number of ether oxygens (including phenoxy) is 1. The molecule has 286 valence electrons. The first-order valence-electron chi connectivity index (χ1n) is 19.4. The molecule has 0 spiro atoms. The van der Waals surface area contributed by atoms with Gasteiger partial charge in [-0.25, -0.2) is 22.8 Å². The third-order valence-electron chi connectivity index (χ3n) is 12.1. The predicted octanol–water partition coefficient (Wildman–Crippen LogP) is 9.49. The van der Waals surface area contributed by atoms with Crippen LogP contribution in [-0.4, -0.2) is 45.4 Å². The Balaban J connectivity index is 1.33. The van der Waals surface area contributed by atoms with E-state index >= 15 is 9.00 Å². The number of hydrogen-bond acceptors (Lipinski definition) is 6. The number of fused-ring (bicyclic) bond motifs is 3. The third kappa shape index (κ3) is 6.39.